The summed E-state index contributed by atoms with van der Waals surface area (Å²) in [6.45, 7) is 3.54. The average molecular weight is 975 g/mol. The van der Waals surface area contributed by atoms with E-state index in [1.807, 2.05) is 71.6 Å². The van der Waals surface area contributed by atoms with Gasteiger partial charge in [-0.05, 0) is 88.2 Å². The Balaban J connectivity index is 1.35. The number of esters is 2. The predicted molar refractivity (Wildman–Crippen MR) is 262 cm³/mol. The number of urea groups is 2. The van der Waals surface area contributed by atoms with Crippen molar-refractivity contribution in [2.24, 2.45) is 17.6 Å². The number of phenols is 1. The zero-order valence-corrected chi connectivity index (χ0v) is 40.3. The Bertz CT molecular complexity index is 3010. The summed E-state index contributed by atoms with van der Waals surface area (Å²) < 4.78 is 23.0. The number of carbonyl (C=O) groups excluding carboxylic acids is 6. The summed E-state index contributed by atoms with van der Waals surface area (Å²) in [5.74, 6) is 1.72. The summed E-state index contributed by atoms with van der Waals surface area (Å²) in [6, 6.07) is 26.6. The number of nitrogens with one attached hydrogen (secondary N) is 2. The van der Waals surface area contributed by atoms with Gasteiger partial charge in [-0.2, -0.15) is 0 Å². The minimum absolute atomic E-state index is 0.0559. The molecule has 0 aliphatic carbocycles. The van der Waals surface area contributed by atoms with E-state index in [1.165, 1.54) is 26.4 Å². The van der Waals surface area contributed by atoms with Gasteiger partial charge in [-0.1, -0.05) is 98.5 Å². The Morgan fingerprint density at radius 2 is 1.49 bits per heavy atom. The van der Waals surface area contributed by atoms with Crippen LogP contribution in [0.5, 0.6) is 17.2 Å². The summed E-state index contributed by atoms with van der Waals surface area (Å²) in [6.07, 6.45) is -0.601. The topological polar surface area (TPSA) is 219 Å². The fourth-order valence-corrected chi connectivity index (χ4v) is 11.0. The summed E-state index contributed by atoms with van der Waals surface area (Å²) in [5, 5.41) is 16.0. The number of cyclic esters (lactones) is 1. The lowest BCUT2D eigenvalue weighted by Crippen LogP contribution is -2.58. The molecule has 0 saturated carbocycles. The molecule has 0 unspecified atom stereocenters. The maximum absolute atomic E-state index is 16.7. The first kappa shape index (κ1) is 48.7. The van der Waals surface area contributed by atoms with Crippen molar-refractivity contribution < 1.29 is 52.8 Å². The molecule has 0 bridgehead atoms. The van der Waals surface area contributed by atoms with Crippen molar-refractivity contribution in [2.45, 2.75) is 62.5 Å². The number of nitrogens with two attached hydrogens (primary N) is 1. The minimum atomic E-state index is -2.16. The third-order valence-corrected chi connectivity index (χ3v) is 14.2. The van der Waals surface area contributed by atoms with Gasteiger partial charge in [0.25, 0.3) is 0 Å². The normalized spacial score (nSPS) is 22.4. The van der Waals surface area contributed by atoms with Crippen LogP contribution in [0.25, 0.3) is 0 Å². The molecule has 7 atom stereocenters. The highest BCUT2D eigenvalue weighted by Gasteiger charge is 2.76. The molecule has 2 fully saturated rings. The number of aromatic hydroxyl groups is 1. The van der Waals surface area contributed by atoms with E-state index in [2.05, 4.69) is 22.5 Å². The lowest BCUT2D eigenvalue weighted by Gasteiger charge is -2.46. The molecule has 5 aromatic carbocycles. The van der Waals surface area contributed by atoms with Gasteiger partial charge in [0.2, 0.25) is 11.8 Å². The molecular weight excluding hydrogens is 921 g/mol. The second kappa shape index (κ2) is 19.8. The van der Waals surface area contributed by atoms with E-state index >= 15 is 19.2 Å². The third-order valence-electron chi connectivity index (χ3n) is 14.2. The first-order valence-corrected chi connectivity index (χ1v) is 23.5. The number of hydrogen-bond acceptors (Lipinski definition) is 12. The first-order chi connectivity index (χ1) is 34.7. The van der Waals surface area contributed by atoms with E-state index in [0.717, 1.165) is 16.0 Å². The van der Waals surface area contributed by atoms with Crippen LogP contribution in [0.3, 0.4) is 0 Å². The molecule has 72 heavy (non-hydrogen) atoms. The van der Waals surface area contributed by atoms with Crippen LogP contribution in [-0.4, -0.2) is 97.2 Å². The summed E-state index contributed by atoms with van der Waals surface area (Å²) in [4.78, 5) is 93.2. The number of hydrogen-bond donors (Lipinski definition) is 4. The van der Waals surface area contributed by atoms with Crippen molar-refractivity contribution in [2.75, 3.05) is 39.3 Å². The van der Waals surface area contributed by atoms with Crippen molar-refractivity contribution in [1.29, 1.82) is 0 Å². The van der Waals surface area contributed by atoms with Crippen molar-refractivity contribution in [3.05, 3.63) is 154 Å². The number of ether oxygens (including phenoxy) is 4. The zero-order chi connectivity index (χ0) is 51.0. The number of imide groups is 1. The Morgan fingerprint density at radius 1 is 0.833 bits per heavy atom. The third kappa shape index (κ3) is 8.36. The number of amides is 6. The molecule has 17 heteroatoms. The Hall–Kier alpha value is -8.36. The number of benzene rings is 5. The van der Waals surface area contributed by atoms with Crippen molar-refractivity contribution >= 4 is 41.5 Å². The fraction of sp³-hybridized carbons (Fsp3) is 0.309. The number of carbonyl (C=O) groups is 6. The van der Waals surface area contributed by atoms with Crippen LogP contribution in [-0.2, 0) is 47.0 Å². The highest BCUT2D eigenvalue weighted by Crippen LogP contribution is 2.66. The highest BCUT2D eigenvalue weighted by atomic mass is 16.6. The van der Waals surface area contributed by atoms with Crippen LogP contribution in [0.4, 0.5) is 15.3 Å². The standard InChI is InChI=1S/C55H54N6O11/c1-31(2)44(50(64)71-5)58-54(68)60-40-23-18-32(13-12-25-57-53(56)67)27-39(40)55(52(60)66)43(49(63)59-26-24-36-28-41(69-3)42(70-4)29-37(36)30-59)46-51(65)72-47(34-16-10-7-11-17-34)45(33-14-8-6-9-15-33)61(46)48(55)35-19-21-38(62)22-20-35/h6-11,14-23,27-29,31,43-48,62H,24-26,30H2,1-5H3,(H,58,68)(H3,56,57,67)/t43-,44+,45-,46-,47+,48+,55-/m1/s1. The van der Waals surface area contributed by atoms with Crippen molar-refractivity contribution in [1.82, 2.24) is 20.4 Å². The molecule has 0 radical (unpaired) electrons. The van der Waals surface area contributed by atoms with Gasteiger partial charge in [0.15, 0.2) is 11.5 Å². The van der Waals surface area contributed by atoms with Gasteiger partial charge in [-0.3, -0.25) is 19.3 Å². The second-order valence-corrected chi connectivity index (χ2v) is 18.4. The number of rotatable bonds is 10. The number of nitrogens with zero attached hydrogens (tertiary/aromatic N) is 3. The molecule has 370 valence electrons. The molecule has 5 aromatic rings. The predicted octanol–water partition coefficient (Wildman–Crippen LogP) is 5.59. The van der Waals surface area contributed by atoms with Crippen molar-refractivity contribution in [3.63, 3.8) is 0 Å². The Morgan fingerprint density at radius 3 is 2.11 bits per heavy atom. The summed E-state index contributed by atoms with van der Waals surface area (Å²) in [5.41, 5.74) is 7.20. The molecule has 0 aromatic heterocycles. The van der Waals surface area contributed by atoms with E-state index in [9.17, 15) is 14.7 Å². The molecule has 5 N–H and O–H groups in total. The number of phenolic OH excluding ortho intramolecular Hbond substituents is 1. The van der Waals surface area contributed by atoms with E-state index in [0.29, 0.717) is 40.2 Å². The molecule has 2 saturated heterocycles. The molecule has 4 heterocycles. The van der Waals surface area contributed by atoms with Gasteiger partial charge in [0, 0.05) is 18.7 Å². The lowest BCUT2D eigenvalue weighted by molar-refractivity contribution is -0.179. The van der Waals surface area contributed by atoms with Crippen LogP contribution in [0.2, 0.25) is 0 Å². The number of morpholine rings is 1. The van der Waals surface area contributed by atoms with E-state index in [4.69, 9.17) is 24.7 Å². The Kier molecular flexibility index (Phi) is 13.4. The van der Waals surface area contributed by atoms with E-state index in [1.54, 1.807) is 62.3 Å². The molecule has 6 amide bonds. The maximum atomic E-state index is 16.7. The Labute approximate surface area is 416 Å². The van der Waals surface area contributed by atoms with Crippen molar-refractivity contribution in [3.8, 4) is 29.1 Å². The average Bonchev–Trinajstić information content (AvgIpc) is 3.84. The van der Waals surface area contributed by atoms with E-state index < -0.39 is 83.3 Å². The van der Waals surface area contributed by atoms with Crippen LogP contribution >= 0.6 is 0 Å². The SMILES string of the molecule is COC(=O)[C@@H](NC(=O)N1C(=O)[C@@]2(c3cc(C#CCNC(N)=O)ccc31)[C@H](c1ccc(O)cc1)N1[C@H](c3ccccc3)[C@H](c3ccccc3)OC(=O)[C@H]1[C@@H]2C(=O)N1CCc2cc(OC)c(OC)cc2C1)C(C)C. The number of methoxy groups -OCH3 is 3. The largest absolute Gasteiger partial charge is 0.508 e. The number of anilines is 1. The van der Waals surface area contributed by atoms with Gasteiger partial charge >= 0.3 is 24.0 Å². The smallest absolute Gasteiger partial charge is 0.329 e. The monoisotopic (exact) mass is 974 g/mol. The molecule has 1 spiro atoms. The summed E-state index contributed by atoms with van der Waals surface area (Å²) >= 11 is 0. The highest BCUT2D eigenvalue weighted by molar-refractivity contribution is 6.25. The van der Waals surface area contributed by atoms with Gasteiger partial charge in [-0.15, -0.1) is 0 Å². The van der Waals surface area contributed by atoms with Gasteiger partial charge in [0.05, 0.1) is 51.6 Å². The fourth-order valence-electron chi connectivity index (χ4n) is 11.0. The van der Waals surface area contributed by atoms with Crippen LogP contribution in [0, 0.1) is 23.7 Å². The zero-order valence-electron chi connectivity index (χ0n) is 40.3. The van der Waals surface area contributed by atoms with Gasteiger partial charge < -0.3 is 45.3 Å². The van der Waals surface area contributed by atoms with Crippen LogP contribution in [0.1, 0.15) is 71.0 Å². The summed E-state index contributed by atoms with van der Waals surface area (Å²) in [7, 11) is 4.25. The molecule has 4 aliphatic heterocycles. The van der Waals surface area contributed by atoms with Crippen LogP contribution < -0.4 is 30.7 Å². The van der Waals surface area contributed by atoms with Gasteiger partial charge in [0.1, 0.15) is 29.4 Å². The second-order valence-electron chi connectivity index (χ2n) is 18.4. The molecule has 17 nitrogen and oxygen atoms in total. The molecular formula is C55H54N6O11. The molecule has 4 aliphatic rings. The maximum Gasteiger partial charge on any atom is 0.329 e. The van der Waals surface area contributed by atoms with Crippen LogP contribution in [0.15, 0.2) is 115 Å². The van der Waals surface area contributed by atoms with Gasteiger partial charge in [-0.25, -0.2) is 19.3 Å². The van der Waals surface area contributed by atoms with E-state index in [-0.39, 0.29) is 36.6 Å². The molecule has 9 rings (SSSR count). The first-order valence-electron chi connectivity index (χ1n) is 23.5. The number of primary amides is 1. The number of fused-ring (bicyclic) bond motifs is 4. The lowest BCUT2D eigenvalue weighted by atomic mass is 9.64. The minimum Gasteiger partial charge on any atom is -0.508 e. The quantitative estimate of drug-likeness (QED) is 0.0995.